The van der Waals surface area contributed by atoms with Gasteiger partial charge in [0.2, 0.25) is 0 Å². The number of ether oxygens (including phenoxy) is 3. The molecule has 10 heteroatoms. The molecule has 31 heavy (non-hydrogen) atoms. The topological polar surface area (TPSA) is 112 Å². The fraction of sp³-hybridized carbons (Fsp3) is 0.571. The Morgan fingerprint density at radius 3 is 2.06 bits per heavy atom. The van der Waals surface area contributed by atoms with Gasteiger partial charge in [-0.1, -0.05) is 13.0 Å². The molecule has 0 fully saturated rings. The smallest absolute Gasteiger partial charge is 0.427 e. The fourth-order valence-corrected chi connectivity index (χ4v) is 2.65. The second-order valence-electron chi connectivity index (χ2n) is 9.12. The van der Waals surface area contributed by atoms with Gasteiger partial charge in [-0.25, -0.2) is 14.1 Å². The lowest BCUT2D eigenvalue weighted by Crippen LogP contribution is -2.44. The minimum atomic E-state index is -0.956. The molecule has 10 nitrogen and oxygen atoms in total. The molecule has 0 saturated heterocycles. The number of carbonyl (C=O) groups excluding carboxylic acids is 3. The molecule has 0 aliphatic rings. The van der Waals surface area contributed by atoms with Gasteiger partial charge in [-0.15, -0.1) is 10.00 Å². The van der Waals surface area contributed by atoms with E-state index in [2.05, 4.69) is 10.1 Å². The quantitative estimate of drug-likeness (QED) is 0.528. The molecule has 2 amide bonds. The summed E-state index contributed by atoms with van der Waals surface area (Å²) < 4.78 is 17.0. The number of amides is 2. The molecule has 0 bridgehead atoms. The lowest BCUT2D eigenvalue weighted by atomic mass is 10.1. The maximum absolute atomic E-state index is 12.8. The van der Waals surface area contributed by atoms with E-state index < -0.39 is 29.3 Å². The van der Waals surface area contributed by atoms with Crippen molar-refractivity contribution >= 4 is 29.8 Å². The van der Waals surface area contributed by atoms with Crippen LogP contribution in [0.15, 0.2) is 18.2 Å². The minimum absolute atomic E-state index is 0.193. The Labute approximate surface area is 181 Å². The number of imide groups is 1. The number of rotatable bonds is 4. The van der Waals surface area contributed by atoms with E-state index in [0.29, 0.717) is 22.7 Å². The van der Waals surface area contributed by atoms with Crippen LogP contribution in [-0.4, -0.2) is 51.1 Å². The van der Waals surface area contributed by atoms with E-state index in [4.69, 9.17) is 14.2 Å². The van der Waals surface area contributed by atoms with Gasteiger partial charge in [-0.2, -0.15) is 4.98 Å². The highest BCUT2D eigenvalue weighted by Gasteiger charge is 2.35. The molecule has 170 valence electrons. The number of nitrogens with zero attached hydrogens (tertiary/aromatic N) is 4. The molecular formula is C21H30N4O6. The number of aromatic nitrogens is 3. The highest BCUT2D eigenvalue weighted by Crippen LogP contribution is 2.21. The van der Waals surface area contributed by atoms with Crippen molar-refractivity contribution in [3.8, 4) is 0 Å². The number of carbonyl (C=O) groups is 3. The summed E-state index contributed by atoms with van der Waals surface area (Å²) in [5.41, 5.74) is -0.654. The van der Waals surface area contributed by atoms with Crippen molar-refractivity contribution < 1.29 is 28.6 Å². The van der Waals surface area contributed by atoms with Crippen molar-refractivity contribution in [2.75, 3.05) is 12.0 Å². The molecule has 0 radical (unpaired) electrons. The van der Waals surface area contributed by atoms with Crippen LogP contribution in [0.25, 0.3) is 5.65 Å². The highest BCUT2D eigenvalue weighted by atomic mass is 16.6. The fourth-order valence-electron chi connectivity index (χ4n) is 2.65. The molecule has 0 saturated carbocycles. The van der Waals surface area contributed by atoms with Gasteiger partial charge in [-0.3, -0.25) is 4.79 Å². The molecule has 1 atom stereocenters. The molecule has 2 aromatic heterocycles. The van der Waals surface area contributed by atoms with Crippen LogP contribution in [0.4, 0.5) is 15.5 Å². The van der Waals surface area contributed by atoms with Crippen LogP contribution in [0.5, 0.6) is 0 Å². The molecule has 2 aromatic rings. The number of hydrogen-bond acceptors (Lipinski definition) is 8. The number of anilines is 1. The summed E-state index contributed by atoms with van der Waals surface area (Å²) >= 11 is 0. The third-order valence-electron chi connectivity index (χ3n) is 3.90. The summed E-state index contributed by atoms with van der Waals surface area (Å²) in [6, 6.07) is 5.19. The minimum Gasteiger partial charge on any atom is -0.469 e. The van der Waals surface area contributed by atoms with Crippen LogP contribution in [0, 0.1) is 5.92 Å². The van der Waals surface area contributed by atoms with Crippen LogP contribution in [0.2, 0.25) is 0 Å². The Bertz CT molecular complexity index is 942. The molecule has 0 aromatic carbocycles. The predicted octanol–water partition coefficient (Wildman–Crippen LogP) is 3.76. The van der Waals surface area contributed by atoms with Gasteiger partial charge in [0, 0.05) is 12.1 Å². The number of hydrogen-bond donors (Lipinski definition) is 0. The van der Waals surface area contributed by atoms with E-state index in [0.717, 1.165) is 0 Å². The Morgan fingerprint density at radius 1 is 1.03 bits per heavy atom. The average molecular weight is 434 g/mol. The maximum Gasteiger partial charge on any atom is 0.427 e. The molecule has 0 unspecified atom stereocenters. The Morgan fingerprint density at radius 2 is 1.58 bits per heavy atom. The van der Waals surface area contributed by atoms with Crippen LogP contribution in [-0.2, 0) is 25.4 Å². The van der Waals surface area contributed by atoms with Crippen molar-refractivity contribution in [2.24, 2.45) is 5.92 Å². The zero-order valence-electron chi connectivity index (χ0n) is 19.3. The standard InChI is InChI=1S/C21H30N4O6/c1-13(16(26)29-8)12-14-10-9-11-15-22-17(23-25(14)15)24(18(27)30-20(2,3)4)19(28)31-21(5,6)7/h9-11,13H,12H2,1-8H3/t13-/m0/s1. The van der Waals surface area contributed by atoms with Gasteiger partial charge < -0.3 is 14.2 Å². The first kappa shape index (κ1) is 24.1. The summed E-state index contributed by atoms with van der Waals surface area (Å²) in [5.74, 6) is -0.973. The van der Waals surface area contributed by atoms with Crippen molar-refractivity contribution in [3.63, 3.8) is 0 Å². The van der Waals surface area contributed by atoms with Crippen molar-refractivity contribution in [2.45, 2.75) is 66.1 Å². The Hall–Kier alpha value is -3.17. The Balaban J connectivity index is 2.49. The van der Waals surface area contributed by atoms with E-state index in [1.54, 1.807) is 66.7 Å². The lowest BCUT2D eigenvalue weighted by Gasteiger charge is -2.26. The average Bonchev–Trinajstić information content (AvgIpc) is 3.02. The molecule has 2 heterocycles. The van der Waals surface area contributed by atoms with E-state index in [1.165, 1.54) is 11.6 Å². The van der Waals surface area contributed by atoms with E-state index in [9.17, 15) is 14.4 Å². The zero-order valence-corrected chi connectivity index (χ0v) is 19.3. The monoisotopic (exact) mass is 434 g/mol. The number of methoxy groups -OCH3 is 1. The van der Waals surface area contributed by atoms with Crippen molar-refractivity contribution in [1.29, 1.82) is 0 Å². The van der Waals surface area contributed by atoms with Crippen LogP contribution >= 0.6 is 0 Å². The van der Waals surface area contributed by atoms with Crippen molar-refractivity contribution in [1.82, 2.24) is 14.6 Å². The number of pyridine rings is 1. The van der Waals surface area contributed by atoms with Gasteiger partial charge in [0.05, 0.1) is 13.0 Å². The zero-order chi connectivity index (χ0) is 23.6. The Kier molecular flexibility index (Phi) is 6.93. The molecule has 0 spiro atoms. The summed E-state index contributed by atoms with van der Waals surface area (Å²) in [6.45, 7) is 11.8. The lowest BCUT2D eigenvalue weighted by molar-refractivity contribution is -0.144. The number of fused-ring (bicyclic) bond motifs is 1. The van der Waals surface area contributed by atoms with Crippen LogP contribution in [0.3, 0.4) is 0 Å². The van der Waals surface area contributed by atoms with Crippen LogP contribution < -0.4 is 4.90 Å². The van der Waals surface area contributed by atoms with Crippen molar-refractivity contribution in [3.05, 3.63) is 23.9 Å². The summed E-state index contributed by atoms with van der Waals surface area (Å²) in [7, 11) is 1.33. The molecule has 0 aliphatic heterocycles. The normalized spacial score (nSPS) is 12.9. The van der Waals surface area contributed by atoms with E-state index >= 15 is 0 Å². The first-order chi connectivity index (χ1) is 14.2. The maximum atomic E-state index is 12.8. The third-order valence-corrected chi connectivity index (χ3v) is 3.90. The molecule has 0 N–H and O–H groups in total. The molecule has 2 rings (SSSR count). The van der Waals surface area contributed by atoms with Gasteiger partial charge in [-0.05, 0) is 53.7 Å². The van der Waals surface area contributed by atoms with Gasteiger partial charge in [0.1, 0.15) is 11.2 Å². The van der Waals surface area contributed by atoms with Gasteiger partial charge in [0.15, 0.2) is 5.65 Å². The summed E-state index contributed by atoms with van der Waals surface area (Å²) in [5, 5.41) is 4.33. The molecule has 0 aliphatic carbocycles. The predicted molar refractivity (Wildman–Crippen MR) is 113 cm³/mol. The highest BCUT2D eigenvalue weighted by molar-refractivity contribution is 6.08. The SMILES string of the molecule is COC(=O)[C@@H](C)Cc1cccc2nc(N(C(=O)OC(C)(C)C)C(=O)OC(C)(C)C)nn12. The summed E-state index contributed by atoms with van der Waals surface area (Å²) in [6.07, 6.45) is -1.59. The van der Waals surface area contributed by atoms with Gasteiger partial charge in [0.25, 0.3) is 5.95 Å². The largest absolute Gasteiger partial charge is 0.469 e. The second kappa shape index (κ2) is 8.91. The second-order valence-corrected chi connectivity index (χ2v) is 9.12. The summed E-state index contributed by atoms with van der Waals surface area (Å²) in [4.78, 5) is 42.4. The number of esters is 1. The van der Waals surface area contributed by atoms with Crippen LogP contribution in [0.1, 0.15) is 54.2 Å². The molecular weight excluding hydrogens is 404 g/mol. The van der Waals surface area contributed by atoms with Gasteiger partial charge >= 0.3 is 18.2 Å². The third kappa shape index (κ3) is 6.40. The first-order valence-corrected chi connectivity index (χ1v) is 9.90. The van der Waals surface area contributed by atoms with E-state index in [-0.39, 0.29) is 11.9 Å². The van der Waals surface area contributed by atoms with E-state index in [1.807, 2.05) is 0 Å². The first-order valence-electron chi connectivity index (χ1n) is 9.90.